The minimum atomic E-state index is 0.817. The molecule has 0 spiro atoms. The van der Waals surface area contributed by atoms with Gasteiger partial charge in [-0.1, -0.05) is 52.4 Å². The Morgan fingerprint density at radius 2 is 1.81 bits per heavy atom. The summed E-state index contributed by atoms with van der Waals surface area (Å²) < 4.78 is 0. The predicted molar refractivity (Wildman–Crippen MR) is 72.8 cm³/mol. The van der Waals surface area contributed by atoms with Gasteiger partial charge in [0.05, 0.1) is 0 Å². The van der Waals surface area contributed by atoms with Gasteiger partial charge in [0, 0.05) is 6.04 Å². The summed E-state index contributed by atoms with van der Waals surface area (Å²) in [5.41, 5.74) is 0. The van der Waals surface area contributed by atoms with Crippen molar-refractivity contribution in [3.05, 3.63) is 0 Å². The molecule has 1 aliphatic rings. The second-order valence-electron chi connectivity index (χ2n) is 5.52. The van der Waals surface area contributed by atoms with Crippen molar-refractivity contribution in [2.75, 3.05) is 6.54 Å². The smallest absolute Gasteiger partial charge is 0.00671 e. The highest BCUT2D eigenvalue weighted by atomic mass is 14.9. The first-order valence-electron chi connectivity index (χ1n) is 7.60. The van der Waals surface area contributed by atoms with Crippen molar-refractivity contribution in [1.82, 2.24) is 5.32 Å². The summed E-state index contributed by atoms with van der Waals surface area (Å²) in [6.45, 7) is 5.77. The highest BCUT2D eigenvalue weighted by Gasteiger charge is 2.22. The Morgan fingerprint density at radius 1 is 1.00 bits per heavy atom. The van der Waals surface area contributed by atoms with E-state index in [0.717, 1.165) is 12.0 Å². The molecule has 96 valence electrons. The topological polar surface area (TPSA) is 12.0 Å². The lowest BCUT2D eigenvalue weighted by Crippen LogP contribution is -2.29. The third kappa shape index (κ3) is 7.27. The first-order valence-corrected chi connectivity index (χ1v) is 7.60. The second kappa shape index (κ2) is 9.04. The van der Waals surface area contributed by atoms with Gasteiger partial charge in [-0.3, -0.25) is 0 Å². The van der Waals surface area contributed by atoms with E-state index >= 15 is 0 Å². The highest BCUT2D eigenvalue weighted by Crippen LogP contribution is 2.34. The van der Waals surface area contributed by atoms with Gasteiger partial charge in [-0.15, -0.1) is 0 Å². The Labute approximate surface area is 102 Å². The Morgan fingerprint density at radius 3 is 2.44 bits per heavy atom. The summed E-state index contributed by atoms with van der Waals surface area (Å²) in [7, 11) is 0. The number of hydrogen-bond donors (Lipinski definition) is 1. The van der Waals surface area contributed by atoms with Gasteiger partial charge < -0.3 is 5.32 Å². The van der Waals surface area contributed by atoms with Gasteiger partial charge in [0.2, 0.25) is 0 Å². The molecule has 1 saturated carbocycles. The molecule has 1 atom stereocenters. The van der Waals surface area contributed by atoms with E-state index in [1.54, 1.807) is 0 Å². The van der Waals surface area contributed by atoms with E-state index < -0.39 is 0 Å². The van der Waals surface area contributed by atoms with Crippen LogP contribution in [0.2, 0.25) is 0 Å². The Bertz CT molecular complexity index is 152. The zero-order valence-electron chi connectivity index (χ0n) is 11.4. The molecule has 1 rings (SSSR count). The van der Waals surface area contributed by atoms with Crippen LogP contribution in [-0.2, 0) is 0 Å². The molecule has 1 N–H and O–H groups in total. The molecule has 1 nitrogen and oxygen atoms in total. The van der Waals surface area contributed by atoms with Gasteiger partial charge in [-0.25, -0.2) is 0 Å². The fraction of sp³-hybridized carbons (Fsp3) is 1.00. The van der Waals surface area contributed by atoms with Gasteiger partial charge in [-0.2, -0.15) is 0 Å². The van der Waals surface area contributed by atoms with Gasteiger partial charge in [-0.05, 0) is 38.1 Å². The molecule has 0 saturated heterocycles. The number of nitrogens with one attached hydrogen (secondary N) is 1. The van der Waals surface area contributed by atoms with E-state index in [1.165, 1.54) is 70.8 Å². The van der Waals surface area contributed by atoms with E-state index in [-0.39, 0.29) is 0 Å². The molecule has 1 fully saturated rings. The minimum Gasteiger partial charge on any atom is -0.314 e. The van der Waals surface area contributed by atoms with Crippen LogP contribution in [0, 0.1) is 5.92 Å². The van der Waals surface area contributed by atoms with E-state index in [1.807, 2.05) is 0 Å². The van der Waals surface area contributed by atoms with Crippen molar-refractivity contribution in [3.63, 3.8) is 0 Å². The quantitative estimate of drug-likeness (QED) is 0.510. The maximum Gasteiger partial charge on any atom is 0.00671 e. The molecule has 0 aliphatic heterocycles. The van der Waals surface area contributed by atoms with Crippen molar-refractivity contribution >= 4 is 0 Å². The lowest BCUT2D eigenvalue weighted by molar-refractivity contribution is 0.414. The van der Waals surface area contributed by atoms with Crippen molar-refractivity contribution in [1.29, 1.82) is 0 Å². The zero-order valence-corrected chi connectivity index (χ0v) is 11.4. The van der Waals surface area contributed by atoms with E-state index in [0.29, 0.717) is 0 Å². The van der Waals surface area contributed by atoms with Gasteiger partial charge >= 0.3 is 0 Å². The van der Waals surface area contributed by atoms with E-state index in [2.05, 4.69) is 19.2 Å². The molecule has 0 radical (unpaired) electrons. The summed E-state index contributed by atoms with van der Waals surface area (Å²) in [5.74, 6) is 1.10. The molecule has 0 aromatic heterocycles. The molecule has 0 aromatic carbocycles. The van der Waals surface area contributed by atoms with Crippen LogP contribution in [-0.4, -0.2) is 12.6 Å². The fourth-order valence-electron chi connectivity index (χ4n) is 2.36. The van der Waals surface area contributed by atoms with E-state index in [4.69, 9.17) is 0 Å². The normalized spacial score (nSPS) is 17.6. The van der Waals surface area contributed by atoms with Crippen LogP contribution in [0.3, 0.4) is 0 Å². The van der Waals surface area contributed by atoms with Crippen molar-refractivity contribution in [3.8, 4) is 0 Å². The molecular formula is C15H31N. The summed E-state index contributed by atoms with van der Waals surface area (Å²) in [6.07, 6.45) is 14.3. The first-order chi connectivity index (χ1) is 7.86. The molecule has 0 bridgehead atoms. The number of rotatable bonds is 11. The highest BCUT2D eigenvalue weighted by molar-refractivity contribution is 4.76. The van der Waals surface area contributed by atoms with Crippen LogP contribution in [0.1, 0.15) is 78.1 Å². The maximum absolute atomic E-state index is 3.73. The average Bonchev–Trinajstić information content (AvgIpc) is 3.11. The summed E-state index contributed by atoms with van der Waals surface area (Å²) >= 11 is 0. The molecule has 0 aromatic rings. The largest absolute Gasteiger partial charge is 0.314 e. The summed E-state index contributed by atoms with van der Waals surface area (Å²) in [6, 6.07) is 0.817. The standard InChI is InChI=1S/C15H31N/c1-3-5-6-7-8-15(16-13-4-2)12-11-14-9-10-14/h14-16H,3-13H2,1-2H3. The first kappa shape index (κ1) is 14.0. The van der Waals surface area contributed by atoms with Crippen LogP contribution in [0.4, 0.5) is 0 Å². The lowest BCUT2D eigenvalue weighted by atomic mass is 10.0. The van der Waals surface area contributed by atoms with Crippen molar-refractivity contribution in [2.45, 2.75) is 84.1 Å². The SMILES string of the molecule is CCCCCCC(CCC1CC1)NCCC. The second-order valence-corrected chi connectivity index (χ2v) is 5.52. The number of unbranched alkanes of at least 4 members (excludes halogenated alkanes) is 3. The van der Waals surface area contributed by atoms with Crippen LogP contribution in [0.25, 0.3) is 0 Å². The Balaban J connectivity index is 2.03. The van der Waals surface area contributed by atoms with Crippen LogP contribution in [0.15, 0.2) is 0 Å². The average molecular weight is 225 g/mol. The molecule has 16 heavy (non-hydrogen) atoms. The van der Waals surface area contributed by atoms with Crippen molar-refractivity contribution in [2.24, 2.45) is 5.92 Å². The van der Waals surface area contributed by atoms with Gasteiger partial charge in [0.15, 0.2) is 0 Å². The molecular weight excluding hydrogens is 194 g/mol. The Hall–Kier alpha value is -0.0400. The van der Waals surface area contributed by atoms with E-state index in [9.17, 15) is 0 Å². The predicted octanol–water partition coefficient (Wildman–Crippen LogP) is 4.52. The zero-order chi connectivity index (χ0) is 11.6. The molecule has 1 heteroatoms. The minimum absolute atomic E-state index is 0.817. The van der Waals surface area contributed by atoms with Crippen LogP contribution >= 0.6 is 0 Å². The van der Waals surface area contributed by atoms with Crippen LogP contribution < -0.4 is 5.32 Å². The molecule has 0 heterocycles. The van der Waals surface area contributed by atoms with Gasteiger partial charge in [0.1, 0.15) is 0 Å². The number of hydrogen-bond acceptors (Lipinski definition) is 1. The molecule has 1 unspecified atom stereocenters. The lowest BCUT2D eigenvalue weighted by Gasteiger charge is -2.18. The van der Waals surface area contributed by atoms with Crippen LogP contribution in [0.5, 0.6) is 0 Å². The molecule has 1 aliphatic carbocycles. The third-order valence-electron chi connectivity index (χ3n) is 3.71. The third-order valence-corrected chi connectivity index (χ3v) is 3.71. The summed E-state index contributed by atoms with van der Waals surface area (Å²) in [5, 5.41) is 3.73. The Kier molecular flexibility index (Phi) is 7.92. The summed E-state index contributed by atoms with van der Waals surface area (Å²) in [4.78, 5) is 0. The fourth-order valence-corrected chi connectivity index (χ4v) is 2.36. The molecule has 0 amide bonds. The monoisotopic (exact) mass is 225 g/mol. The van der Waals surface area contributed by atoms with Gasteiger partial charge in [0.25, 0.3) is 0 Å². The van der Waals surface area contributed by atoms with Crippen molar-refractivity contribution < 1.29 is 0 Å². The maximum atomic E-state index is 3.73.